The predicted octanol–water partition coefficient (Wildman–Crippen LogP) is 1.59. The van der Waals surface area contributed by atoms with Crippen molar-refractivity contribution in [3.8, 4) is 0 Å². The zero-order valence-electron chi connectivity index (χ0n) is 14.0. The Kier molecular flexibility index (Phi) is 5.10. The third-order valence-corrected chi connectivity index (χ3v) is 5.12. The highest BCUT2D eigenvalue weighted by molar-refractivity contribution is 4.95. The molecule has 1 aromatic heterocycles. The highest BCUT2D eigenvalue weighted by Crippen LogP contribution is 2.28. The molecule has 2 fully saturated rings. The number of ether oxygens (including phenoxy) is 1. The second-order valence-corrected chi connectivity index (χ2v) is 6.84. The van der Waals surface area contributed by atoms with Crippen molar-refractivity contribution < 1.29 is 4.74 Å². The molecule has 3 rings (SSSR count). The quantitative estimate of drug-likeness (QED) is 0.865. The van der Waals surface area contributed by atoms with Crippen molar-refractivity contribution in [1.29, 1.82) is 0 Å². The van der Waals surface area contributed by atoms with Crippen LogP contribution in [-0.2, 0) is 11.3 Å². The number of hydrogen-bond acceptors (Lipinski definition) is 5. The van der Waals surface area contributed by atoms with Gasteiger partial charge in [-0.1, -0.05) is 6.42 Å². The van der Waals surface area contributed by atoms with Crippen LogP contribution in [0.3, 0.4) is 0 Å². The van der Waals surface area contributed by atoms with Crippen LogP contribution in [0.1, 0.15) is 51.4 Å². The van der Waals surface area contributed by atoms with Gasteiger partial charge in [0.2, 0.25) is 0 Å². The monoisotopic (exact) mass is 307 g/mol. The topological polar surface area (TPSA) is 55.2 Å². The highest BCUT2D eigenvalue weighted by atomic mass is 16.5. The van der Waals surface area contributed by atoms with Gasteiger partial charge in [-0.3, -0.25) is 4.90 Å². The van der Waals surface area contributed by atoms with E-state index in [9.17, 15) is 0 Å². The number of rotatable bonds is 6. The minimum atomic E-state index is 0.361. The first-order valence-electron chi connectivity index (χ1n) is 8.57. The van der Waals surface area contributed by atoms with Gasteiger partial charge in [0.25, 0.3) is 0 Å². The molecule has 1 aliphatic heterocycles. The average Bonchev–Trinajstić information content (AvgIpc) is 3.23. The normalized spacial score (nSPS) is 29.7. The number of nitrogens with one attached hydrogen (secondary N) is 1. The largest absolute Gasteiger partial charge is 0.380 e. The molecule has 2 aliphatic rings. The SMILES string of the molecule is COC1CCN([C@H]2CCC[C@H]2NCc2ncnn2C(C)C)C1. The fourth-order valence-corrected chi connectivity index (χ4v) is 3.92. The fraction of sp³-hybridized carbons (Fsp3) is 0.875. The molecule has 0 bridgehead atoms. The molecule has 1 saturated heterocycles. The lowest BCUT2D eigenvalue weighted by atomic mass is 10.1. The van der Waals surface area contributed by atoms with Crippen LogP contribution in [0.4, 0.5) is 0 Å². The smallest absolute Gasteiger partial charge is 0.141 e. The molecule has 6 nitrogen and oxygen atoms in total. The van der Waals surface area contributed by atoms with Crippen LogP contribution in [0, 0.1) is 0 Å². The summed E-state index contributed by atoms with van der Waals surface area (Å²) in [5.74, 6) is 1.04. The minimum Gasteiger partial charge on any atom is -0.380 e. The van der Waals surface area contributed by atoms with Crippen LogP contribution in [0.5, 0.6) is 0 Å². The van der Waals surface area contributed by atoms with E-state index >= 15 is 0 Å². The summed E-state index contributed by atoms with van der Waals surface area (Å²) < 4.78 is 7.52. The standard InChI is InChI=1S/C16H29N5O/c1-12(2)21-16(18-11-19-21)9-17-14-5-4-6-15(14)20-8-7-13(10-20)22-3/h11-15,17H,4-10H2,1-3H3/t13?,14-,15+/m1/s1. The average molecular weight is 307 g/mol. The fourth-order valence-electron chi connectivity index (χ4n) is 3.92. The summed E-state index contributed by atoms with van der Waals surface area (Å²) >= 11 is 0. The molecule has 22 heavy (non-hydrogen) atoms. The number of aromatic nitrogens is 3. The van der Waals surface area contributed by atoms with E-state index < -0.39 is 0 Å². The summed E-state index contributed by atoms with van der Waals surface area (Å²) in [6, 6.07) is 1.57. The zero-order valence-corrected chi connectivity index (χ0v) is 14.0. The first-order valence-corrected chi connectivity index (χ1v) is 8.57. The lowest BCUT2D eigenvalue weighted by Gasteiger charge is -2.30. The van der Waals surface area contributed by atoms with Gasteiger partial charge in [-0.2, -0.15) is 5.10 Å². The summed E-state index contributed by atoms with van der Waals surface area (Å²) in [5, 5.41) is 8.05. The van der Waals surface area contributed by atoms with Crippen LogP contribution in [0.25, 0.3) is 0 Å². The number of nitrogens with zero attached hydrogens (tertiary/aromatic N) is 4. The Morgan fingerprint density at radius 1 is 1.36 bits per heavy atom. The molecule has 124 valence electrons. The van der Waals surface area contributed by atoms with Crippen LogP contribution < -0.4 is 5.32 Å². The molecule has 0 radical (unpaired) electrons. The van der Waals surface area contributed by atoms with E-state index in [4.69, 9.17) is 4.74 Å². The van der Waals surface area contributed by atoms with Gasteiger partial charge in [0, 0.05) is 38.3 Å². The summed E-state index contributed by atoms with van der Waals surface area (Å²) in [4.78, 5) is 7.02. The predicted molar refractivity (Wildman–Crippen MR) is 85.7 cm³/mol. The molecule has 0 amide bonds. The maximum absolute atomic E-state index is 5.51. The van der Waals surface area contributed by atoms with Gasteiger partial charge in [0.15, 0.2) is 0 Å². The van der Waals surface area contributed by atoms with E-state index in [0.717, 1.165) is 18.9 Å². The summed E-state index contributed by atoms with van der Waals surface area (Å²) in [5.41, 5.74) is 0. The Labute approximate surface area is 133 Å². The second-order valence-electron chi connectivity index (χ2n) is 6.84. The second kappa shape index (κ2) is 7.06. The molecule has 6 heteroatoms. The zero-order chi connectivity index (χ0) is 15.5. The van der Waals surface area contributed by atoms with E-state index in [0.29, 0.717) is 24.2 Å². The van der Waals surface area contributed by atoms with E-state index in [1.54, 1.807) is 6.33 Å². The lowest BCUT2D eigenvalue weighted by molar-refractivity contribution is 0.0979. The van der Waals surface area contributed by atoms with Crippen molar-refractivity contribution in [1.82, 2.24) is 25.0 Å². The number of hydrogen-bond donors (Lipinski definition) is 1. The van der Waals surface area contributed by atoms with E-state index in [1.165, 1.54) is 32.2 Å². The van der Waals surface area contributed by atoms with E-state index in [2.05, 4.69) is 34.1 Å². The van der Waals surface area contributed by atoms with Crippen LogP contribution in [-0.4, -0.2) is 58.1 Å². The van der Waals surface area contributed by atoms with Crippen molar-refractivity contribution >= 4 is 0 Å². The van der Waals surface area contributed by atoms with Gasteiger partial charge in [-0.05, 0) is 33.1 Å². The number of likely N-dealkylation sites (tertiary alicyclic amines) is 1. The summed E-state index contributed by atoms with van der Waals surface area (Å²) in [6.07, 6.45) is 7.12. The van der Waals surface area contributed by atoms with Crippen LogP contribution >= 0.6 is 0 Å². The minimum absolute atomic E-state index is 0.361. The van der Waals surface area contributed by atoms with Crippen LogP contribution in [0.2, 0.25) is 0 Å². The first kappa shape index (κ1) is 15.9. The molecular weight excluding hydrogens is 278 g/mol. The van der Waals surface area contributed by atoms with Gasteiger partial charge in [-0.25, -0.2) is 9.67 Å². The Morgan fingerprint density at radius 3 is 2.95 bits per heavy atom. The summed E-state index contributed by atoms with van der Waals surface area (Å²) in [6.45, 7) is 7.35. The third kappa shape index (κ3) is 3.34. The molecule has 1 N–H and O–H groups in total. The molecule has 0 aromatic carbocycles. The molecule has 1 aromatic rings. The Bertz CT molecular complexity index is 475. The van der Waals surface area contributed by atoms with Crippen molar-refractivity contribution in [2.45, 2.75) is 70.3 Å². The molecule has 1 unspecified atom stereocenters. The van der Waals surface area contributed by atoms with Gasteiger partial charge < -0.3 is 10.1 Å². The number of methoxy groups -OCH3 is 1. The van der Waals surface area contributed by atoms with Gasteiger partial charge in [0.05, 0.1) is 12.6 Å². The van der Waals surface area contributed by atoms with Gasteiger partial charge in [-0.15, -0.1) is 0 Å². The van der Waals surface area contributed by atoms with Crippen molar-refractivity contribution in [3.05, 3.63) is 12.2 Å². The Hall–Kier alpha value is -0.980. The van der Waals surface area contributed by atoms with E-state index in [-0.39, 0.29) is 0 Å². The Morgan fingerprint density at radius 2 is 2.23 bits per heavy atom. The lowest BCUT2D eigenvalue weighted by Crippen LogP contribution is -2.46. The van der Waals surface area contributed by atoms with Crippen molar-refractivity contribution in [2.75, 3.05) is 20.2 Å². The van der Waals surface area contributed by atoms with Gasteiger partial charge >= 0.3 is 0 Å². The molecule has 1 aliphatic carbocycles. The maximum atomic E-state index is 5.51. The first-order chi connectivity index (χ1) is 10.7. The summed E-state index contributed by atoms with van der Waals surface area (Å²) in [7, 11) is 1.83. The molecule has 3 atom stereocenters. The molecule has 0 spiro atoms. The molecular formula is C16H29N5O. The van der Waals surface area contributed by atoms with Crippen molar-refractivity contribution in [3.63, 3.8) is 0 Å². The Balaban J connectivity index is 1.56. The van der Waals surface area contributed by atoms with E-state index in [1.807, 2.05) is 11.8 Å². The van der Waals surface area contributed by atoms with Crippen molar-refractivity contribution in [2.24, 2.45) is 0 Å². The van der Waals surface area contributed by atoms with Gasteiger partial charge in [0.1, 0.15) is 12.2 Å². The van der Waals surface area contributed by atoms with Crippen LogP contribution in [0.15, 0.2) is 6.33 Å². The third-order valence-electron chi connectivity index (χ3n) is 5.12. The maximum Gasteiger partial charge on any atom is 0.141 e. The highest BCUT2D eigenvalue weighted by Gasteiger charge is 2.35. The molecule has 2 heterocycles. The molecule has 1 saturated carbocycles.